The zero-order valence-corrected chi connectivity index (χ0v) is 21.7. The lowest BCUT2D eigenvalue weighted by atomic mass is 9.90. The van der Waals surface area contributed by atoms with Gasteiger partial charge in [-0.15, -0.1) is 6.58 Å². The minimum atomic E-state index is -0.502. The van der Waals surface area contributed by atoms with Crippen LogP contribution in [-0.4, -0.2) is 41.3 Å². The number of thioether (sulfide) groups is 1. The molecule has 8 heteroatoms. The number of amidine groups is 1. The maximum atomic E-state index is 12.9. The maximum Gasteiger partial charge on any atom is 0.346 e. The van der Waals surface area contributed by atoms with E-state index < -0.39 is 6.03 Å². The molecule has 2 aromatic carbocycles. The number of aryl methyl sites for hydroxylation is 1. The molecule has 0 saturated carbocycles. The lowest BCUT2D eigenvalue weighted by Crippen LogP contribution is -2.13. The molecule has 2 amide bonds. The SMILES string of the molecule is C=CCC=NC(=N)c1ccc(NC(=O)/N=C2/C=C(c3cccc4c3CCOC4)CC(=O)CS2)c(CC)c1.[HH]. The predicted octanol–water partition coefficient (Wildman–Crippen LogP) is 6.26. The molecule has 2 heterocycles. The van der Waals surface area contributed by atoms with Crippen molar-refractivity contribution in [3.63, 3.8) is 0 Å². The molecule has 192 valence electrons. The van der Waals surface area contributed by atoms with Gasteiger partial charge in [0.05, 0.1) is 19.0 Å². The number of Topliss-reactive ketones (excluding diaryl/α,β-unsaturated/α-hetero) is 1. The van der Waals surface area contributed by atoms with E-state index in [0.29, 0.717) is 48.8 Å². The second kappa shape index (κ2) is 12.6. The number of carbonyl (C=O) groups excluding carboxylic acids is 2. The summed E-state index contributed by atoms with van der Waals surface area (Å²) < 4.78 is 5.59. The third kappa shape index (κ3) is 6.78. The Labute approximate surface area is 222 Å². The predicted molar refractivity (Wildman–Crippen MR) is 154 cm³/mol. The zero-order chi connectivity index (χ0) is 26.2. The van der Waals surface area contributed by atoms with Crippen LogP contribution in [0.3, 0.4) is 0 Å². The highest BCUT2D eigenvalue weighted by Crippen LogP contribution is 2.31. The fourth-order valence-corrected chi connectivity index (χ4v) is 5.10. The van der Waals surface area contributed by atoms with Crippen LogP contribution in [0.1, 0.15) is 49.0 Å². The lowest BCUT2D eigenvalue weighted by Gasteiger charge is -2.20. The summed E-state index contributed by atoms with van der Waals surface area (Å²) in [6, 6.07) is 11.0. The van der Waals surface area contributed by atoms with Gasteiger partial charge in [-0.1, -0.05) is 43.0 Å². The molecule has 0 saturated heterocycles. The van der Waals surface area contributed by atoms with Crippen molar-refractivity contribution >= 4 is 51.9 Å². The molecule has 0 spiro atoms. The van der Waals surface area contributed by atoms with E-state index in [1.807, 2.05) is 31.2 Å². The molecule has 37 heavy (non-hydrogen) atoms. The molecule has 0 aliphatic carbocycles. The molecule has 0 aromatic heterocycles. The Morgan fingerprint density at radius 3 is 3.00 bits per heavy atom. The largest absolute Gasteiger partial charge is 0.376 e. The average Bonchev–Trinajstić information content (AvgIpc) is 3.09. The third-order valence-electron chi connectivity index (χ3n) is 6.14. The van der Waals surface area contributed by atoms with Crippen molar-refractivity contribution in [2.45, 2.75) is 39.2 Å². The molecule has 0 atom stereocenters. The normalized spacial score (nSPS) is 16.7. The fraction of sp³-hybridized carbons (Fsp3) is 0.276. The number of benzene rings is 2. The Balaban J connectivity index is 0.00000400. The number of nitrogens with zero attached hydrogens (tertiary/aromatic N) is 2. The number of rotatable bonds is 6. The minimum Gasteiger partial charge on any atom is -0.376 e. The van der Waals surface area contributed by atoms with Crippen molar-refractivity contribution in [3.8, 4) is 0 Å². The number of urea groups is 1. The Morgan fingerprint density at radius 1 is 1.32 bits per heavy atom. The Morgan fingerprint density at radius 2 is 2.19 bits per heavy atom. The summed E-state index contributed by atoms with van der Waals surface area (Å²) in [4.78, 5) is 33.9. The minimum absolute atomic E-state index is 0. The molecule has 4 rings (SSSR count). The van der Waals surface area contributed by atoms with E-state index in [1.54, 1.807) is 24.4 Å². The molecule has 2 aromatic rings. The third-order valence-corrected chi connectivity index (χ3v) is 7.12. The molecule has 7 nitrogen and oxygen atoms in total. The first-order chi connectivity index (χ1) is 18.0. The van der Waals surface area contributed by atoms with E-state index in [1.165, 1.54) is 17.3 Å². The van der Waals surface area contributed by atoms with E-state index >= 15 is 0 Å². The molecular weight excluding hydrogens is 484 g/mol. The maximum absolute atomic E-state index is 12.9. The van der Waals surface area contributed by atoms with Gasteiger partial charge >= 0.3 is 6.03 Å². The molecule has 0 bridgehead atoms. The highest BCUT2D eigenvalue weighted by Gasteiger charge is 2.21. The van der Waals surface area contributed by atoms with Gasteiger partial charge in [0.2, 0.25) is 0 Å². The van der Waals surface area contributed by atoms with Gasteiger partial charge in [0.25, 0.3) is 0 Å². The van der Waals surface area contributed by atoms with Crippen LogP contribution in [0.5, 0.6) is 0 Å². The molecule has 0 radical (unpaired) electrons. The second-order valence-corrected chi connectivity index (χ2v) is 9.71. The van der Waals surface area contributed by atoms with Gasteiger partial charge in [0, 0.05) is 31.7 Å². The number of anilines is 1. The van der Waals surface area contributed by atoms with Gasteiger partial charge in [-0.3, -0.25) is 10.2 Å². The second-order valence-electron chi connectivity index (χ2n) is 8.71. The van der Waals surface area contributed by atoms with Gasteiger partial charge in [0.15, 0.2) is 5.84 Å². The number of allylic oxidation sites excluding steroid dienone is 2. The lowest BCUT2D eigenvalue weighted by molar-refractivity contribution is -0.115. The summed E-state index contributed by atoms with van der Waals surface area (Å²) in [6.07, 6.45) is 7.60. The first-order valence-corrected chi connectivity index (χ1v) is 13.3. The molecule has 0 fully saturated rings. The van der Waals surface area contributed by atoms with Crippen LogP contribution >= 0.6 is 11.8 Å². The van der Waals surface area contributed by atoms with Crippen LogP contribution in [0.25, 0.3) is 5.57 Å². The molecule has 2 aliphatic heterocycles. The summed E-state index contributed by atoms with van der Waals surface area (Å²) in [6.45, 7) is 6.86. The molecule has 2 N–H and O–H groups in total. The van der Waals surface area contributed by atoms with E-state index in [4.69, 9.17) is 10.1 Å². The van der Waals surface area contributed by atoms with Crippen LogP contribution in [0.2, 0.25) is 0 Å². The van der Waals surface area contributed by atoms with Crippen molar-refractivity contribution in [3.05, 3.63) is 82.9 Å². The highest BCUT2D eigenvalue weighted by molar-refractivity contribution is 8.14. The van der Waals surface area contributed by atoms with Crippen molar-refractivity contribution in [1.29, 1.82) is 5.41 Å². The smallest absolute Gasteiger partial charge is 0.346 e. The zero-order valence-electron chi connectivity index (χ0n) is 20.9. The first-order valence-electron chi connectivity index (χ1n) is 12.3. The summed E-state index contributed by atoms with van der Waals surface area (Å²) in [7, 11) is 0. The first kappa shape index (κ1) is 26.4. The number of carbonyl (C=O) groups is 2. The van der Waals surface area contributed by atoms with Crippen LogP contribution in [0.4, 0.5) is 10.5 Å². The Bertz CT molecular complexity index is 1330. The molecule has 0 unspecified atom stereocenters. The number of ether oxygens (including phenoxy) is 1. The van der Waals surface area contributed by atoms with E-state index in [-0.39, 0.29) is 18.8 Å². The van der Waals surface area contributed by atoms with E-state index in [2.05, 4.69) is 27.9 Å². The number of nitrogens with one attached hydrogen (secondary N) is 2. The topological polar surface area (TPSA) is 104 Å². The van der Waals surface area contributed by atoms with Crippen molar-refractivity contribution in [1.82, 2.24) is 0 Å². The quantitative estimate of drug-likeness (QED) is 0.269. The average molecular weight is 517 g/mol. The van der Waals surface area contributed by atoms with E-state index in [9.17, 15) is 9.59 Å². The van der Waals surface area contributed by atoms with Crippen LogP contribution in [0, 0.1) is 5.41 Å². The Hall–Kier alpha value is -3.62. The van der Waals surface area contributed by atoms with Gasteiger partial charge in [-0.05, 0) is 64.9 Å². The van der Waals surface area contributed by atoms with Gasteiger partial charge < -0.3 is 10.1 Å². The number of amides is 2. The molecular formula is C29H32N4O3S. The van der Waals surface area contributed by atoms with Crippen LogP contribution in [0.15, 0.2) is 65.1 Å². The van der Waals surface area contributed by atoms with Crippen LogP contribution < -0.4 is 5.32 Å². The van der Waals surface area contributed by atoms with Gasteiger partial charge in [-0.2, -0.15) is 4.99 Å². The number of aliphatic imine (C=N–C) groups is 2. The molecule has 2 aliphatic rings. The monoisotopic (exact) mass is 516 g/mol. The number of hydrogen-bond acceptors (Lipinski definition) is 5. The van der Waals surface area contributed by atoms with E-state index in [0.717, 1.165) is 28.7 Å². The summed E-state index contributed by atoms with van der Waals surface area (Å²) >= 11 is 1.28. The Kier molecular flexibility index (Phi) is 8.98. The standard InChI is InChI=1S/C29H30N4O3S.H2/c1-3-5-12-31-28(30)20-9-10-26(19(4-2)14-20)32-29(35)33-27-16-22(15-23(34)18-37-27)24-8-6-7-21-17-36-13-11-25(21)24;/h3,6-10,12,14,16,30H,1,4-5,11,13,15,17-18H2,2H3,(H,32,35);1H/b30-28?,31-12?,33-27-;. The number of fused-ring (bicyclic) bond motifs is 1. The number of hydrogen-bond donors (Lipinski definition) is 2. The van der Waals surface area contributed by atoms with Crippen molar-refractivity contribution in [2.75, 3.05) is 17.7 Å². The summed E-state index contributed by atoms with van der Waals surface area (Å²) in [5.41, 5.74) is 6.45. The summed E-state index contributed by atoms with van der Waals surface area (Å²) in [5.74, 6) is 0.531. The fourth-order valence-electron chi connectivity index (χ4n) is 4.31. The van der Waals surface area contributed by atoms with Crippen LogP contribution in [-0.2, 0) is 29.0 Å². The number of ketones is 1. The van der Waals surface area contributed by atoms with Gasteiger partial charge in [-0.25, -0.2) is 9.79 Å². The summed E-state index contributed by atoms with van der Waals surface area (Å²) in [5, 5.41) is 11.5. The van der Waals surface area contributed by atoms with Crippen molar-refractivity contribution in [2.24, 2.45) is 9.98 Å². The highest BCUT2D eigenvalue weighted by atomic mass is 32.2. The van der Waals surface area contributed by atoms with Crippen molar-refractivity contribution < 1.29 is 15.8 Å². The van der Waals surface area contributed by atoms with Gasteiger partial charge in [0.1, 0.15) is 10.8 Å².